The number of phenols is 1. The Labute approximate surface area is 165 Å². The van der Waals surface area contributed by atoms with Crippen LogP contribution in [0.25, 0.3) is 11.1 Å². The summed E-state index contributed by atoms with van der Waals surface area (Å²) in [6.45, 7) is 3.13. The maximum absolute atomic E-state index is 13.0. The average molecular weight is 378 g/mol. The number of likely N-dealkylation sites (tertiary alicyclic amines) is 2. The molecule has 2 fully saturated rings. The van der Waals surface area contributed by atoms with E-state index in [1.807, 2.05) is 46.2 Å². The third-order valence-electron chi connectivity index (χ3n) is 5.77. The van der Waals surface area contributed by atoms with Crippen molar-refractivity contribution in [3.63, 3.8) is 0 Å². The van der Waals surface area contributed by atoms with E-state index in [4.69, 9.17) is 0 Å². The summed E-state index contributed by atoms with van der Waals surface area (Å²) in [4.78, 5) is 28.7. The zero-order chi connectivity index (χ0) is 19.5. The molecule has 2 aliphatic heterocycles. The first-order valence-corrected chi connectivity index (χ1v) is 10.1. The van der Waals surface area contributed by atoms with Gasteiger partial charge >= 0.3 is 0 Å². The molecule has 1 N–H and O–H groups in total. The summed E-state index contributed by atoms with van der Waals surface area (Å²) in [5, 5.41) is 9.65. The summed E-state index contributed by atoms with van der Waals surface area (Å²) in [6, 6.07) is 14.7. The van der Waals surface area contributed by atoms with Gasteiger partial charge < -0.3 is 14.9 Å². The normalized spacial score (nSPS) is 19.9. The highest BCUT2D eigenvalue weighted by Gasteiger charge is 2.28. The standard InChI is InChI=1S/C23H26N2O3/c26-21-6-1-5-20(14-21)18-8-10-19(11-9-18)23(28)25-13-2-4-17(16-25)15-24-12-3-7-22(24)27/h1,5-6,8-11,14,17,26H,2-4,7,12-13,15-16H2/t17-/m0/s1. The van der Waals surface area contributed by atoms with E-state index in [0.717, 1.165) is 56.6 Å². The third-order valence-corrected chi connectivity index (χ3v) is 5.77. The molecule has 2 aromatic rings. The first-order valence-electron chi connectivity index (χ1n) is 10.1. The summed E-state index contributed by atoms with van der Waals surface area (Å²) < 4.78 is 0. The smallest absolute Gasteiger partial charge is 0.253 e. The second-order valence-corrected chi connectivity index (χ2v) is 7.83. The van der Waals surface area contributed by atoms with Crippen molar-refractivity contribution < 1.29 is 14.7 Å². The van der Waals surface area contributed by atoms with E-state index >= 15 is 0 Å². The molecule has 0 bridgehead atoms. The van der Waals surface area contributed by atoms with Crippen LogP contribution in [-0.4, -0.2) is 52.9 Å². The average Bonchev–Trinajstić information content (AvgIpc) is 3.12. The van der Waals surface area contributed by atoms with Gasteiger partial charge in [-0.25, -0.2) is 0 Å². The fourth-order valence-electron chi connectivity index (χ4n) is 4.28. The van der Waals surface area contributed by atoms with E-state index in [-0.39, 0.29) is 17.6 Å². The number of rotatable bonds is 4. The zero-order valence-electron chi connectivity index (χ0n) is 16.0. The van der Waals surface area contributed by atoms with Crippen molar-refractivity contribution in [1.29, 1.82) is 0 Å². The first kappa shape index (κ1) is 18.5. The van der Waals surface area contributed by atoms with Gasteiger partial charge in [-0.05, 0) is 60.6 Å². The highest BCUT2D eigenvalue weighted by atomic mass is 16.3. The Morgan fingerprint density at radius 1 is 1.04 bits per heavy atom. The Morgan fingerprint density at radius 2 is 1.86 bits per heavy atom. The van der Waals surface area contributed by atoms with Crippen LogP contribution in [0.5, 0.6) is 5.75 Å². The molecule has 0 aliphatic carbocycles. The lowest BCUT2D eigenvalue weighted by Gasteiger charge is -2.34. The van der Waals surface area contributed by atoms with Crippen LogP contribution in [0.2, 0.25) is 0 Å². The molecule has 2 heterocycles. The Hall–Kier alpha value is -2.82. The Balaban J connectivity index is 1.41. The fourth-order valence-corrected chi connectivity index (χ4v) is 4.28. The van der Waals surface area contributed by atoms with E-state index in [2.05, 4.69) is 0 Å². The van der Waals surface area contributed by atoms with Crippen molar-refractivity contribution in [3.05, 3.63) is 54.1 Å². The van der Waals surface area contributed by atoms with Gasteiger partial charge in [0.25, 0.3) is 5.91 Å². The predicted octanol–water partition coefficient (Wildman–Crippen LogP) is 3.53. The molecule has 5 nitrogen and oxygen atoms in total. The quantitative estimate of drug-likeness (QED) is 0.885. The molecule has 2 amide bonds. The Bertz CT molecular complexity index is 862. The summed E-state index contributed by atoms with van der Waals surface area (Å²) in [5.41, 5.74) is 2.57. The SMILES string of the molecule is O=C1CCCN1C[C@@H]1CCCN(C(=O)c2ccc(-c3cccc(O)c3)cc2)C1. The summed E-state index contributed by atoms with van der Waals surface area (Å²) in [6.07, 6.45) is 3.68. The minimum Gasteiger partial charge on any atom is -0.508 e. The fraction of sp³-hybridized carbons (Fsp3) is 0.391. The van der Waals surface area contributed by atoms with Gasteiger partial charge in [0, 0.05) is 38.2 Å². The van der Waals surface area contributed by atoms with Gasteiger partial charge in [-0.2, -0.15) is 0 Å². The number of phenolic OH excluding ortho intramolecular Hbond substituents is 1. The number of nitrogens with zero attached hydrogens (tertiary/aromatic N) is 2. The van der Waals surface area contributed by atoms with Crippen molar-refractivity contribution in [2.75, 3.05) is 26.2 Å². The number of hydrogen-bond acceptors (Lipinski definition) is 3. The van der Waals surface area contributed by atoms with Gasteiger partial charge in [0.1, 0.15) is 5.75 Å². The molecule has 2 aliphatic rings. The Kier molecular flexibility index (Phi) is 5.33. The van der Waals surface area contributed by atoms with Gasteiger partial charge in [0.05, 0.1) is 0 Å². The molecule has 1 atom stereocenters. The number of hydrogen-bond donors (Lipinski definition) is 1. The number of amides is 2. The summed E-state index contributed by atoms with van der Waals surface area (Å²) in [7, 11) is 0. The second kappa shape index (κ2) is 8.05. The lowest BCUT2D eigenvalue weighted by molar-refractivity contribution is -0.128. The van der Waals surface area contributed by atoms with Gasteiger partial charge in [-0.3, -0.25) is 9.59 Å². The van der Waals surface area contributed by atoms with E-state index < -0.39 is 0 Å². The van der Waals surface area contributed by atoms with E-state index in [1.165, 1.54) is 0 Å². The maximum Gasteiger partial charge on any atom is 0.253 e. The molecule has 2 aromatic carbocycles. The molecular formula is C23H26N2O3. The minimum absolute atomic E-state index is 0.0555. The van der Waals surface area contributed by atoms with Gasteiger partial charge in [-0.15, -0.1) is 0 Å². The summed E-state index contributed by atoms with van der Waals surface area (Å²) in [5.74, 6) is 0.908. The highest BCUT2D eigenvalue weighted by molar-refractivity contribution is 5.94. The molecule has 28 heavy (non-hydrogen) atoms. The molecule has 5 heteroatoms. The second-order valence-electron chi connectivity index (χ2n) is 7.83. The lowest BCUT2D eigenvalue weighted by atomic mass is 9.96. The van der Waals surface area contributed by atoms with Gasteiger partial charge in [0.15, 0.2) is 0 Å². The van der Waals surface area contributed by atoms with Crippen LogP contribution in [0.3, 0.4) is 0 Å². The van der Waals surface area contributed by atoms with E-state index in [1.54, 1.807) is 12.1 Å². The Morgan fingerprint density at radius 3 is 2.57 bits per heavy atom. The lowest BCUT2D eigenvalue weighted by Crippen LogP contribution is -2.44. The van der Waals surface area contributed by atoms with Gasteiger partial charge in [-0.1, -0.05) is 24.3 Å². The number of carbonyl (C=O) groups is 2. The first-order chi connectivity index (χ1) is 13.6. The van der Waals surface area contributed by atoms with Crippen molar-refractivity contribution in [1.82, 2.24) is 9.80 Å². The van der Waals surface area contributed by atoms with Crippen molar-refractivity contribution >= 4 is 11.8 Å². The minimum atomic E-state index is 0.0555. The largest absolute Gasteiger partial charge is 0.508 e. The zero-order valence-corrected chi connectivity index (χ0v) is 16.0. The highest BCUT2D eigenvalue weighted by Crippen LogP contribution is 2.25. The topological polar surface area (TPSA) is 60.9 Å². The number of carbonyl (C=O) groups excluding carboxylic acids is 2. The monoisotopic (exact) mass is 378 g/mol. The van der Waals surface area contributed by atoms with Crippen molar-refractivity contribution in [2.24, 2.45) is 5.92 Å². The molecule has 0 unspecified atom stereocenters. The number of aromatic hydroxyl groups is 1. The summed E-state index contributed by atoms with van der Waals surface area (Å²) >= 11 is 0. The van der Waals surface area contributed by atoms with Crippen LogP contribution in [0.15, 0.2) is 48.5 Å². The molecule has 0 spiro atoms. The maximum atomic E-state index is 13.0. The molecule has 146 valence electrons. The van der Waals surface area contributed by atoms with Crippen molar-refractivity contribution in [3.8, 4) is 16.9 Å². The molecule has 0 saturated carbocycles. The van der Waals surface area contributed by atoms with Crippen LogP contribution >= 0.6 is 0 Å². The van der Waals surface area contributed by atoms with Crippen molar-refractivity contribution in [2.45, 2.75) is 25.7 Å². The third kappa shape index (κ3) is 4.03. The number of piperidine rings is 1. The molecule has 0 aromatic heterocycles. The number of benzene rings is 2. The van der Waals surface area contributed by atoms with Crippen LogP contribution in [0.4, 0.5) is 0 Å². The van der Waals surface area contributed by atoms with Crippen LogP contribution in [0, 0.1) is 5.92 Å². The van der Waals surface area contributed by atoms with Crippen LogP contribution in [-0.2, 0) is 4.79 Å². The molecule has 4 rings (SSSR count). The van der Waals surface area contributed by atoms with Crippen LogP contribution in [0.1, 0.15) is 36.0 Å². The van der Waals surface area contributed by atoms with E-state index in [0.29, 0.717) is 17.9 Å². The van der Waals surface area contributed by atoms with E-state index in [9.17, 15) is 14.7 Å². The molecular weight excluding hydrogens is 352 g/mol. The molecule has 2 saturated heterocycles. The van der Waals surface area contributed by atoms with Crippen LogP contribution < -0.4 is 0 Å². The van der Waals surface area contributed by atoms with Gasteiger partial charge in [0.2, 0.25) is 5.91 Å². The molecule has 0 radical (unpaired) electrons. The predicted molar refractivity (Wildman–Crippen MR) is 108 cm³/mol.